The van der Waals surface area contributed by atoms with Gasteiger partial charge in [0.15, 0.2) is 0 Å². The summed E-state index contributed by atoms with van der Waals surface area (Å²) in [6.07, 6.45) is 1.10. The van der Waals surface area contributed by atoms with Crippen LogP contribution >= 0.6 is 0 Å². The molecule has 7 heteroatoms. The molecule has 27 heavy (non-hydrogen) atoms. The van der Waals surface area contributed by atoms with E-state index in [9.17, 15) is 4.79 Å². The van der Waals surface area contributed by atoms with Crippen molar-refractivity contribution in [3.8, 4) is 11.6 Å². The fraction of sp³-hybridized carbons (Fsp3) is 0.350. The van der Waals surface area contributed by atoms with Gasteiger partial charge in [-0.05, 0) is 52.0 Å². The van der Waals surface area contributed by atoms with Crippen LogP contribution in [-0.4, -0.2) is 31.5 Å². The first-order valence-electron chi connectivity index (χ1n) is 8.86. The summed E-state index contributed by atoms with van der Waals surface area (Å²) in [6, 6.07) is 7.91. The summed E-state index contributed by atoms with van der Waals surface area (Å²) in [4.78, 5) is 25.8. The molecule has 1 aliphatic heterocycles. The monoisotopic (exact) mass is 366 g/mol. The number of H-pyrrole nitrogens is 1. The lowest BCUT2D eigenvalue weighted by molar-refractivity contribution is 0.0240. The molecule has 1 amide bonds. The molecular formula is C20H22N4O3. The molecular weight excluding hydrogens is 344 g/mol. The van der Waals surface area contributed by atoms with Crippen LogP contribution in [0.2, 0.25) is 0 Å². The van der Waals surface area contributed by atoms with Gasteiger partial charge in [0, 0.05) is 16.6 Å². The molecule has 4 rings (SSSR count). The number of amides is 1. The Morgan fingerprint density at radius 2 is 2.00 bits per heavy atom. The molecule has 1 aromatic carbocycles. The minimum Gasteiger partial charge on any atom is -0.444 e. The van der Waals surface area contributed by atoms with Gasteiger partial charge >= 0.3 is 6.09 Å². The van der Waals surface area contributed by atoms with E-state index in [1.165, 1.54) is 6.33 Å². The van der Waals surface area contributed by atoms with Crippen molar-refractivity contribution < 1.29 is 14.3 Å². The molecule has 0 saturated heterocycles. The van der Waals surface area contributed by atoms with Crippen molar-refractivity contribution >= 4 is 17.0 Å². The summed E-state index contributed by atoms with van der Waals surface area (Å²) < 4.78 is 11.5. The Balaban J connectivity index is 1.56. The van der Waals surface area contributed by atoms with Crippen LogP contribution in [0.15, 0.2) is 30.6 Å². The third-order valence-electron chi connectivity index (χ3n) is 4.28. The zero-order valence-corrected chi connectivity index (χ0v) is 15.9. The Hall–Kier alpha value is -3.09. The molecule has 0 aliphatic carbocycles. The maximum Gasteiger partial charge on any atom is 0.410 e. The van der Waals surface area contributed by atoms with Crippen molar-refractivity contribution in [3.63, 3.8) is 0 Å². The van der Waals surface area contributed by atoms with Crippen molar-refractivity contribution in [2.24, 2.45) is 0 Å². The summed E-state index contributed by atoms with van der Waals surface area (Å²) in [6.45, 7) is 8.32. The van der Waals surface area contributed by atoms with Gasteiger partial charge in [0.25, 0.3) is 0 Å². The number of carbonyl (C=O) groups excluding carboxylic acids is 1. The third kappa shape index (κ3) is 3.58. The van der Waals surface area contributed by atoms with Gasteiger partial charge in [-0.3, -0.25) is 4.90 Å². The smallest absolute Gasteiger partial charge is 0.410 e. The molecule has 0 radical (unpaired) electrons. The van der Waals surface area contributed by atoms with Gasteiger partial charge in [-0.15, -0.1) is 0 Å². The number of ether oxygens (including phenoxy) is 2. The van der Waals surface area contributed by atoms with Gasteiger partial charge in [-0.1, -0.05) is 0 Å². The van der Waals surface area contributed by atoms with E-state index in [0.29, 0.717) is 24.7 Å². The highest BCUT2D eigenvalue weighted by molar-refractivity contribution is 5.82. The molecule has 1 aliphatic rings. The van der Waals surface area contributed by atoms with Crippen molar-refractivity contribution in [1.29, 1.82) is 0 Å². The minimum absolute atomic E-state index is 0.365. The standard InChI is InChI=1S/C20H22N4O3/c1-12-7-13-8-14(5-6-16(13)23-12)26-18-15-9-24(10-17(15)21-11-22-18)19(25)27-20(2,3)4/h5-8,11,23H,9-10H2,1-4H3. The number of aryl methyl sites for hydroxylation is 1. The second-order valence-corrected chi connectivity index (χ2v) is 7.74. The first kappa shape index (κ1) is 17.3. The van der Waals surface area contributed by atoms with Crippen molar-refractivity contribution in [2.75, 3.05) is 0 Å². The van der Waals surface area contributed by atoms with E-state index in [1.807, 2.05) is 45.9 Å². The highest BCUT2D eigenvalue weighted by Gasteiger charge is 2.31. The van der Waals surface area contributed by atoms with E-state index < -0.39 is 5.60 Å². The summed E-state index contributed by atoms with van der Waals surface area (Å²) >= 11 is 0. The first-order valence-corrected chi connectivity index (χ1v) is 8.86. The summed E-state index contributed by atoms with van der Waals surface area (Å²) in [5, 5.41) is 1.08. The molecule has 0 atom stereocenters. The Kier molecular flexibility index (Phi) is 4.02. The molecule has 0 bridgehead atoms. The number of benzene rings is 1. The molecule has 0 unspecified atom stereocenters. The lowest BCUT2D eigenvalue weighted by atomic mass is 10.2. The lowest BCUT2D eigenvalue weighted by Gasteiger charge is -2.23. The van der Waals surface area contributed by atoms with Crippen LogP contribution in [0, 0.1) is 6.92 Å². The van der Waals surface area contributed by atoms with Gasteiger partial charge in [-0.2, -0.15) is 0 Å². The van der Waals surface area contributed by atoms with Crippen molar-refractivity contribution in [2.45, 2.75) is 46.4 Å². The Bertz CT molecular complexity index is 1020. The number of aromatic nitrogens is 3. The lowest BCUT2D eigenvalue weighted by Crippen LogP contribution is -2.33. The highest BCUT2D eigenvalue weighted by atomic mass is 16.6. The number of fused-ring (bicyclic) bond motifs is 2. The molecule has 2 aromatic heterocycles. The maximum absolute atomic E-state index is 12.4. The number of carbonyl (C=O) groups is 1. The van der Waals surface area contributed by atoms with Crippen LogP contribution in [0.5, 0.6) is 11.6 Å². The number of nitrogens with zero attached hydrogens (tertiary/aromatic N) is 3. The number of hydrogen-bond donors (Lipinski definition) is 1. The van der Waals surface area contributed by atoms with E-state index in [2.05, 4.69) is 21.0 Å². The van der Waals surface area contributed by atoms with E-state index in [4.69, 9.17) is 9.47 Å². The normalized spacial score (nSPS) is 13.7. The van der Waals surface area contributed by atoms with Crippen LogP contribution in [0.4, 0.5) is 4.79 Å². The molecule has 140 valence electrons. The maximum atomic E-state index is 12.4. The van der Waals surface area contributed by atoms with Crippen LogP contribution in [0.3, 0.4) is 0 Å². The predicted octanol–water partition coefficient (Wildman–Crippen LogP) is 4.31. The van der Waals surface area contributed by atoms with E-state index in [0.717, 1.165) is 27.9 Å². The first-order chi connectivity index (χ1) is 12.8. The highest BCUT2D eigenvalue weighted by Crippen LogP contribution is 2.32. The Morgan fingerprint density at radius 3 is 2.78 bits per heavy atom. The van der Waals surface area contributed by atoms with E-state index in [-0.39, 0.29) is 6.09 Å². The van der Waals surface area contributed by atoms with Crippen molar-refractivity contribution in [1.82, 2.24) is 19.9 Å². The van der Waals surface area contributed by atoms with Crippen LogP contribution in [-0.2, 0) is 17.8 Å². The molecule has 0 fully saturated rings. The molecule has 7 nitrogen and oxygen atoms in total. The molecule has 0 spiro atoms. The van der Waals surface area contributed by atoms with Crippen LogP contribution in [0.25, 0.3) is 10.9 Å². The van der Waals surface area contributed by atoms with Gasteiger partial charge in [0.05, 0.1) is 24.3 Å². The quantitative estimate of drug-likeness (QED) is 0.731. The molecule has 0 saturated carbocycles. The predicted molar refractivity (Wildman–Crippen MR) is 101 cm³/mol. The summed E-state index contributed by atoms with van der Waals surface area (Å²) in [5.41, 5.74) is 3.21. The second-order valence-electron chi connectivity index (χ2n) is 7.74. The summed E-state index contributed by atoms with van der Waals surface area (Å²) in [5.74, 6) is 1.16. The zero-order chi connectivity index (χ0) is 19.2. The molecule has 3 heterocycles. The largest absolute Gasteiger partial charge is 0.444 e. The Labute approximate surface area is 157 Å². The number of aromatic amines is 1. The summed E-state index contributed by atoms with van der Waals surface area (Å²) in [7, 11) is 0. The van der Waals surface area contributed by atoms with E-state index >= 15 is 0 Å². The number of hydrogen-bond acceptors (Lipinski definition) is 5. The minimum atomic E-state index is -0.541. The number of rotatable bonds is 2. The fourth-order valence-electron chi connectivity index (χ4n) is 3.13. The third-order valence-corrected chi connectivity index (χ3v) is 4.28. The zero-order valence-electron chi connectivity index (χ0n) is 15.9. The van der Waals surface area contributed by atoms with Crippen molar-refractivity contribution in [3.05, 3.63) is 47.5 Å². The second kappa shape index (κ2) is 6.26. The van der Waals surface area contributed by atoms with Gasteiger partial charge in [0.2, 0.25) is 5.88 Å². The molecule has 3 aromatic rings. The van der Waals surface area contributed by atoms with Gasteiger partial charge < -0.3 is 14.5 Å². The average molecular weight is 366 g/mol. The fourth-order valence-corrected chi connectivity index (χ4v) is 3.13. The van der Waals surface area contributed by atoms with Crippen LogP contribution in [0.1, 0.15) is 37.7 Å². The number of nitrogens with one attached hydrogen (secondary N) is 1. The van der Waals surface area contributed by atoms with Gasteiger partial charge in [0.1, 0.15) is 17.7 Å². The Morgan fingerprint density at radius 1 is 1.19 bits per heavy atom. The van der Waals surface area contributed by atoms with Crippen LogP contribution < -0.4 is 4.74 Å². The topological polar surface area (TPSA) is 80.3 Å². The molecule has 1 N–H and O–H groups in total. The van der Waals surface area contributed by atoms with Gasteiger partial charge in [-0.25, -0.2) is 14.8 Å². The average Bonchev–Trinajstić information content (AvgIpc) is 3.16. The van der Waals surface area contributed by atoms with E-state index in [1.54, 1.807) is 4.90 Å². The SMILES string of the molecule is Cc1cc2cc(Oc3ncnc4c3CN(C(=O)OC(C)(C)C)C4)ccc2[nH]1.